The van der Waals surface area contributed by atoms with Gasteiger partial charge in [-0.25, -0.2) is 0 Å². The van der Waals surface area contributed by atoms with Crippen molar-refractivity contribution in [2.75, 3.05) is 13.7 Å². The monoisotopic (exact) mass is 166 g/mol. The van der Waals surface area contributed by atoms with Crippen LogP contribution in [0.15, 0.2) is 12.4 Å². The van der Waals surface area contributed by atoms with Gasteiger partial charge in [-0.3, -0.25) is 4.90 Å². The number of hydrogen-bond donors (Lipinski definition) is 0. The smallest absolute Gasteiger partial charge is 0.102 e. The molecule has 0 radical (unpaired) electrons. The molecule has 0 aromatic heterocycles. The molecule has 2 nitrogen and oxygen atoms in total. The summed E-state index contributed by atoms with van der Waals surface area (Å²) in [6.45, 7) is 0.782. The lowest BCUT2D eigenvalue weighted by Crippen LogP contribution is -2.17. The van der Waals surface area contributed by atoms with Gasteiger partial charge in [-0.1, -0.05) is 0 Å². The van der Waals surface area contributed by atoms with Gasteiger partial charge in [0, 0.05) is 44.5 Å². The van der Waals surface area contributed by atoms with Gasteiger partial charge in [-0.05, 0) is 11.8 Å². The molecule has 0 spiro atoms. The van der Waals surface area contributed by atoms with Crippen LogP contribution in [-0.2, 0) is 0 Å². The molecule has 1 aliphatic rings. The molecule has 2 heteroatoms. The minimum atomic E-state index is 0. The topological polar surface area (TPSA) is 6.48 Å². The fourth-order valence-corrected chi connectivity index (χ4v) is 0.769. The van der Waals surface area contributed by atoms with Crippen molar-refractivity contribution in [1.29, 1.82) is 0 Å². The van der Waals surface area contributed by atoms with Crippen LogP contribution in [-0.4, -0.2) is 23.5 Å². The van der Waals surface area contributed by atoms with Crippen molar-refractivity contribution in [2.24, 2.45) is 0 Å². The van der Waals surface area contributed by atoms with Gasteiger partial charge in [0.25, 0.3) is 0 Å². The van der Waals surface area contributed by atoms with Crippen LogP contribution in [0, 0.1) is 36.1 Å². The molecule has 0 fully saturated rings. The largest absolute Gasteiger partial charge is 0.361 e. The molecule has 1 aliphatic heterocycles. The van der Waals surface area contributed by atoms with E-state index in [0.29, 0.717) is 0 Å². The average molecular weight is 166 g/mol. The first kappa shape index (κ1) is 8.12. The summed E-state index contributed by atoms with van der Waals surface area (Å²) in [6, 6.07) is 2.83. The van der Waals surface area contributed by atoms with Crippen LogP contribution in [0.2, 0.25) is 0 Å². The second-order valence-electron chi connectivity index (χ2n) is 2.30. The van der Waals surface area contributed by atoms with Crippen molar-refractivity contribution in [3.8, 4) is 36.1 Å². The molecule has 0 amide bonds. The number of terminal acetylenes is 1. The standard InChI is InChI=1S/C10H8N2.5H2/c1-3-4-5-6-7-12-9-8-11(2)10-12;;;;;/h1,8-9H,10H2,2H3;5*1H. The second-order valence-corrected chi connectivity index (χ2v) is 2.30. The highest BCUT2D eigenvalue weighted by Gasteiger charge is 2.03. The van der Waals surface area contributed by atoms with Crippen molar-refractivity contribution in [1.82, 2.24) is 9.80 Å². The quantitative estimate of drug-likeness (QED) is 0.503. The predicted molar refractivity (Wildman–Crippen MR) is 58.6 cm³/mol. The highest BCUT2D eigenvalue weighted by molar-refractivity contribution is 5.33. The van der Waals surface area contributed by atoms with Crippen molar-refractivity contribution in [2.45, 2.75) is 0 Å². The maximum atomic E-state index is 4.92. The fraction of sp³-hybridized carbons (Fsp3) is 0.200. The first-order valence-corrected chi connectivity index (χ1v) is 3.44. The molecule has 1 heterocycles. The Morgan fingerprint density at radius 2 is 2.17 bits per heavy atom. The van der Waals surface area contributed by atoms with Crippen LogP contribution < -0.4 is 0 Å². The van der Waals surface area contributed by atoms with E-state index in [2.05, 4.69) is 29.7 Å². The Labute approximate surface area is 80.3 Å². The minimum Gasteiger partial charge on any atom is -0.361 e. The van der Waals surface area contributed by atoms with Gasteiger partial charge in [-0.2, -0.15) is 0 Å². The Kier molecular flexibility index (Phi) is 2.72. The van der Waals surface area contributed by atoms with Gasteiger partial charge >= 0.3 is 0 Å². The lowest BCUT2D eigenvalue weighted by Gasteiger charge is -2.09. The third-order valence-corrected chi connectivity index (χ3v) is 1.27. The Hall–Kier alpha value is -1.98. The van der Waals surface area contributed by atoms with E-state index in [1.54, 1.807) is 0 Å². The van der Waals surface area contributed by atoms with Crippen molar-refractivity contribution < 1.29 is 7.13 Å². The molecule has 0 saturated heterocycles. The Morgan fingerprint density at radius 3 is 2.75 bits per heavy atom. The molecule has 0 aromatic carbocycles. The lowest BCUT2D eigenvalue weighted by molar-refractivity contribution is 0.376. The first-order valence-electron chi connectivity index (χ1n) is 3.44. The van der Waals surface area contributed by atoms with Crippen LogP contribution in [0.4, 0.5) is 0 Å². The van der Waals surface area contributed by atoms with Crippen molar-refractivity contribution in [3.63, 3.8) is 0 Å². The summed E-state index contributed by atoms with van der Waals surface area (Å²) < 4.78 is 0. The van der Waals surface area contributed by atoms with E-state index in [1.165, 1.54) is 0 Å². The van der Waals surface area contributed by atoms with Crippen LogP contribution in [0.5, 0.6) is 0 Å². The SMILES string of the molecule is C#CC#CC#CN1C=CN(C)C1.[HH].[HH].[HH].[HH].[HH]. The van der Waals surface area contributed by atoms with Gasteiger partial charge in [-0.15, -0.1) is 6.42 Å². The molecule has 0 atom stereocenters. The summed E-state index contributed by atoms with van der Waals surface area (Å²) >= 11 is 0. The third-order valence-electron chi connectivity index (χ3n) is 1.27. The Bertz CT molecular complexity index is 353. The van der Waals surface area contributed by atoms with Gasteiger partial charge in [0.15, 0.2) is 0 Å². The molecule has 1 rings (SSSR count). The van der Waals surface area contributed by atoms with Crippen molar-refractivity contribution in [3.05, 3.63) is 12.4 Å². The van der Waals surface area contributed by atoms with E-state index in [9.17, 15) is 0 Å². The van der Waals surface area contributed by atoms with E-state index >= 15 is 0 Å². The lowest BCUT2D eigenvalue weighted by atomic mass is 10.6. The summed E-state index contributed by atoms with van der Waals surface area (Å²) in [5.41, 5.74) is 0. The normalized spacial score (nSPS) is 12.7. The molecular formula is C10H18N2. The number of rotatable bonds is 0. The Balaban J connectivity index is -0.0000000960. The number of hydrogen-bond acceptors (Lipinski definition) is 2. The highest BCUT2D eigenvalue weighted by atomic mass is 15.3. The van der Waals surface area contributed by atoms with Crippen LogP contribution in [0.3, 0.4) is 0 Å². The molecule has 12 heavy (non-hydrogen) atoms. The molecule has 68 valence electrons. The zero-order chi connectivity index (χ0) is 8.81. The molecule has 0 aliphatic carbocycles. The first-order chi connectivity index (χ1) is 5.83. The van der Waals surface area contributed by atoms with E-state index in [0.717, 1.165) is 6.67 Å². The predicted octanol–water partition coefficient (Wildman–Crippen LogP) is 1.49. The van der Waals surface area contributed by atoms with Crippen LogP contribution >= 0.6 is 0 Å². The number of nitrogens with zero attached hydrogens (tertiary/aromatic N) is 2. The van der Waals surface area contributed by atoms with E-state index in [-0.39, 0.29) is 7.13 Å². The van der Waals surface area contributed by atoms with Gasteiger partial charge in [0.05, 0.1) is 0 Å². The summed E-state index contributed by atoms with van der Waals surface area (Å²) in [6.07, 6.45) is 8.76. The van der Waals surface area contributed by atoms with Gasteiger partial charge < -0.3 is 4.90 Å². The summed E-state index contributed by atoms with van der Waals surface area (Å²) in [7, 11) is 1.98. The van der Waals surface area contributed by atoms with Gasteiger partial charge in [0.2, 0.25) is 0 Å². The third kappa shape index (κ3) is 2.33. The Morgan fingerprint density at radius 1 is 1.33 bits per heavy atom. The molecule has 0 aromatic rings. The van der Waals surface area contributed by atoms with Gasteiger partial charge in [0.1, 0.15) is 6.67 Å². The summed E-state index contributed by atoms with van der Waals surface area (Å²) in [4.78, 5) is 3.86. The highest BCUT2D eigenvalue weighted by Crippen LogP contribution is 2.00. The van der Waals surface area contributed by atoms with Crippen LogP contribution in [0.25, 0.3) is 0 Å². The second kappa shape index (κ2) is 4.02. The van der Waals surface area contributed by atoms with E-state index in [1.807, 2.05) is 29.2 Å². The van der Waals surface area contributed by atoms with E-state index in [4.69, 9.17) is 6.42 Å². The summed E-state index contributed by atoms with van der Waals surface area (Å²) in [5.74, 6) is 9.79. The van der Waals surface area contributed by atoms with Crippen LogP contribution in [0.1, 0.15) is 7.13 Å². The summed E-state index contributed by atoms with van der Waals surface area (Å²) in [5, 5.41) is 0. The molecule has 0 bridgehead atoms. The maximum Gasteiger partial charge on any atom is 0.102 e. The molecular weight excluding hydrogens is 148 g/mol. The molecule has 0 saturated carbocycles. The van der Waals surface area contributed by atoms with E-state index < -0.39 is 0 Å². The zero-order valence-corrected chi connectivity index (χ0v) is 6.83. The zero-order valence-electron chi connectivity index (χ0n) is 6.83. The molecule has 0 unspecified atom stereocenters. The fourth-order valence-electron chi connectivity index (χ4n) is 0.769. The maximum absolute atomic E-state index is 4.92. The van der Waals surface area contributed by atoms with Crippen molar-refractivity contribution >= 4 is 0 Å². The molecule has 0 N–H and O–H groups in total. The minimum absolute atomic E-state index is 0. The average Bonchev–Trinajstić information content (AvgIpc) is 2.45.